The lowest BCUT2D eigenvalue weighted by atomic mass is 10.0. The maximum absolute atomic E-state index is 13.6. The van der Waals surface area contributed by atoms with Crippen LogP contribution in [0.5, 0.6) is 0 Å². The van der Waals surface area contributed by atoms with Crippen LogP contribution in [-0.4, -0.2) is 36.0 Å². The van der Waals surface area contributed by atoms with Gasteiger partial charge in [-0.25, -0.2) is 4.39 Å². The summed E-state index contributed by atoms with van der Waals surface area (Å²) in [5, 5.41) is 13.8. The molecule has 0 radical (unpaired) electrons. The van der Waals surface area contributed by atoms with E-state index in [9.17, 15) is 18.9 Å². The number of hydrogen-bond acceptors (Lipinski definition) is 4. The molecule has 0 amide bonds. The van der Waals surface area contributed by atoms with E-state index >= 15 is 0 Å². The van der Waals surface area contributed by atoms with Gasteiger partial charge in [0.2, 0.25) is 5.82 Å². The quantitative estimate of drug-likeness (QED) is 0.670. The van der Waals surface area contributed by atoms with Crippen molar-refractivity contribution >= 4 is 5.69 Å². The number of hydrogen-bond donors (Lipinski definition) is 1. The second-order valence-electron chi connectivity index (χ2n) is 5.41. The largest absolute Gasteiger partial charge is 0.311 e. The van der Waals surface area contributed by atoms with E-state index in [0.717, 1.165) is 19.0 Å². The topological polar surface area (TPSA) is 58.4 Å². The van der Waals surface area contributed by atoms with E-state index in [0.29, 0.717) is 18.7 Å². The summed E-state index contributed by atoms with van der Waals surface area (Å²) in [4.78, 5) is 12.1. The highest BCUT2D eigenvalue weighted by Gasteiger charge is 2.20. The molecular formula is C14H19F2N3O2. The summed E-state index contributed by atoms with van der Waals surface area (Å²) >= 11 is 0. The molecule has 7 heteroatoms. The van der Waals surface area contributed by atoms with Crippen LogP contribution in [0.25, 0.3) is 0 Å². The number of nitrogens with one attached hydrogen (secondary N) is 1. The molecule has 1 aromatic carbocycles. The molecule has 5 nitrogen and oxygen atoms in total. The fourth-order valence-corrected chi connectivity index (χ4v) is 2.63. The Morgan fingerprint density at radius 1 is 1.38 bits per heavy atom. The summed E-state index contributed by atoms with van der Waals surface area (Å²) in [5.74, 6) is -1.91. The predicted octanol–water partition coefficient (Wildman–Crippen LogP) is 2.45. The molecular weight excluding hydrogens is 280 g/mol. The number of rotatable bonds is 5. The SMILES string of the molecule is CN1CCCCC1CNCc1cc([N+](=O)[O-])c(F)cc1F. The third kappa shape index (κ3) is 3.95. The van der Waals surface area contributed by atoms with E-state index in [-0.39, 0.29) is 12.1 Å². The maximum Gasteiger partial charge on any atom is 0.305 e. The molecule has 21 heavy (non-hydrogen) atoms. The first-order valence-corrected chi connectivity index (χ1v) is 7.02. The molecule has 0 aromatic heterocycles. The van der Waals surface area contributed by atoms with Gasteiger partial charge in [0.15, 0.2) is 0 Å². The average Bonchev–Trinajstić information content (AvgIpc) is 2.42. The van der Waals surface area contributed by atoms with Gasteiger partial charge in [-0.3, -0.25) is 10.1 Å². The number of nitrogens with zero attached hydrogens (tertiary/aromatic N) is 2. The smallest absolute Gasteiger partial charge is 0.305 e. The summed E-state index contributed by atoms with van der Waals surface area (Å²) in [6, 6.07) is 1.92. The summed E-state index contributed by atoms with van der Waals surface area (Å²) in [6.45, 7) is 1.88. The van der Waals surface area contributed by atoms with Crippen molar-refractivity contribution in [2.75, 3.05) is 20.1 Å². The van der Waals surface area contributed by atoms with E-state index in [1.807, 2.05) is 0 Å². The fraction of sp³-hybridized carbons (Fsp3) is 0.571. The van der Waals surface area contributed by atoms with E-state index in [4.69, 9.17) is 0 Å². The number of likely N-dealkylation sites (N-methyl/N-ethyl adjacent to an activating group) is 1. The standard InChI is InChI=1S/C14H19F2N3O2/c1-18-5-3-2-4-11(18)9-17-8-10-6-14(19(20)21)13(16)7-12(10)15/h6-7,11,17H,2-5,8-9H2,1H3. The van der Waals surface area contributed by atoms with Gasteiger partial charge in [-0.2, -0.15) is 4.39 Å². The third-order valence-corrected chi connectivity index (χ3v) is 3.93. The second kappa shape index (κ2) is 6.91. The van der Waals surface area contributed by atoms with Gasteiger partial charge in [-0.15, -0.1) is 0 Å². The minimum Gasteiger partial charge on any atom is -0.311 e. The Balaban J connectivity index is 1.96. The zero-order valence-corrected chi connectivity index (χ0v) is 11.9. The Morgan fingerprint density at radius 3 is 2.81 bits per heavy atom. The van der Waals surface area contributed by atoms with E-state index < -0.39 is 22.2 Å². The highest BCUT2D eigenvalue weighted by Crippen LogP contribution is 2.21. The molecule has 1 atom stereocenters. The van der Waals surface area contributed by atoms with E-state index in [2.05, 4.69) is 17.3 Å². The number of likely N-dealkylation sites (tertiary alicyclic amines) is 1. The van der Waals surface area contributed by atoms with Crippen LogP contribution in [0.2, 0.25) is 0 Å². The number of nitro groups is 1. The van der Waals surface area contributed by atoms with Crippen LogP contribution >= 0.6 is 0 Å². The molecule has 1 aliphatic rings. The summed E-state index contributed by atoms with van der Waals surface area (Å²) < 4.78 is 26.9. The van der Waals surface area contributed by atoms with Gasteiger partial charge >= 0.3 is 5.69 Å². The molecule has 0 bridgehead atoms. The Labute approximate surface area is 122 Å². The van der Waals surface area contributed by atoms with Crippen molar-refractivity contribution in [2.24, 2.45) is 0 Å². The van der Waals surface area contributed by atoms with Crippen molar-refractivity contribution in [3.8, 4) is 0 Å². The Kier molecular flexibility index (Phi) is 5.19. The molecule has 1 unspecified atom stereocenters. The van der Waals surface area contributed by atoms with Crippen molar-refractivity contribution in [3.05, 3.63) is 39.4 Å². The zero-order chi connectivity index (χ0) is 15.4. The van der Waals surface area contributed by atoms with Crippen molar-refractivity contribution in [3.63, 3.8) is 0 Å². The van der Waals surface area contributed by atoms with Gasteiger partial charge in [0.1, 0.15) is 5.82 Å². The second-order valence-corrected chi connectivity index (χ2v) is 5.41. The van der Waals surface area contributed by atoms with Crippen molar-refractivity contribution < 1.29 is 13.7 Å². The minimum atomic E-state index is -1.15. The molecule has 0 saturated carbocycles. The summed E-state index contributed by atoms with van der Waals surface area (Å²) in [7, 11) is 2.05. The molecule has 1 heterocycles. The molecule has 2 rings (SSSR count). The number of nitro benzene ring substituents is 1. The maximum atomic E-state index is 13.6. The van der Waals surface area contributed by atoms with E-state index in [1.54, 1.807) is 0 Å². The Morgan fingerprint density at radius 2 is 2.14 bits per heavy atom. The molecule has 0 aliphatic carbocycles. The highest BCUT2D eigenvalue weighted by atomic mass is 19.1. The number of piperidine rings is 1. The Bertz CT molecular complexity index is 525. The average molecular weight is 299 g/mol. The molecule has 116 valence electrons. The van der Waals surface area contributed by atoms with Gasteiger partial charge in [0.05, 0.1) is 4.92 Å². The fourth-order valence-electron chi connectivity index (χ4n) is 2.63. The Hall–Kier alpha value is -1.60. The molecule has 1 fully saturated rings. The first-order valence-electron chi connectivity index (χ1n) is 7.02. The first kappa shape index (κ1) is 15.8. The van der Waals surface area contributed by atoms with Crippen LogP contribution in [0.3, 0.4) is 0 Å². The predicted molar refractivity (Wildman–Crippen MR) is 75.0 cm³/mol. The molecule has 1 saturated heterocycles. The van der Waals surface area contributed by atoms with Crippen molar-refractivity contribution in [1.82, 2.24) is 10.2 Å². The third-order valence-electron chi connectivity index (χ3n) is 3.93. The lowest BCUT2D eigenvalue weighted by Gasteiger charge is -2.32. The van der Waals surface area contributed by atoms with Crippen LogP contribution in [0.4, 0.5) is 14.5 Å². The van der Waals surface area contributed by atoms with Crippen LogP contribution in [-0.2, 0) is 6.54 Å². The zero-order valence-electron chi connectivity index (χ0n) is 11.9. The summed E-state index contributed by atoms with van der Waals surface area (Å²) in [5.41, 5.74) is -0.579. The lowest BCUT2D eigenvalue weighted by Crippen LogP contribution is -2.42. The summed E-state index contributed by atoms with van der Waals surface area (Å²) in [6.07, 6.45) is 3.44. The van der Waals surface area contributed by atoms with Gasteiger partial charge in [0, 0.05) is 36.8 Å². The van der Waals surface area contributed by atoms with Gasteiger partial charge in [-0.05, 0) is 26.4 Å². The lowest BCUT2D eigenvalue weighted by molar-refractivity contribution is -0.387. The van der Waals surface area contributed by atoms with Crippen LogP contribution < -0.4 is 5.32 Å². The van der Waals surface area contributed by atoms with Gasteiger partial charge in [0.25, 0.3) is 0 Å². The van der Waals surface area contributed by atoms with Gasteiger partial charge in [-0.1, -0.05) is 6.42 Å². The molecule has 1 N–H and O–H groups in total. The highest BCUT2D eigenvalue weighted by molar-refractivity contribution is 5.37. The molecule has 1 aliphatic heterocycles. The normalized spacial score (nSPS) is 19.7. The van der Waals surface area contributed by atoms with Gasteiger partial charge < -0.3 is 10.2 Å². The number of halogens is 2. The molecule has 0 spiro atoms. The molecule has 1 aromatic rings. The van der Waals surface area contributed by atoms with Crippen molar-refractivity contribution in [2.45, 2.75) is 31.8 Å². The van der Waals surface area contributed by atoms with Crippen molar-refractivity contribution in [1.29, 1.82) is 0 Å². The monoisotopic (exact) mass is 299 g/mol. The van der Waals surface area contributed by atoms with E-state index in [1.165, 1.54) is 12.8 Å². The van der Waals surface area contributed by atoms with Crippen LogP contribution in [0.15, 0.2) is 12.1 Å². The first-order chi connectivity index (χ1) is 9.99. The minimum absolute atomic E-state index is 0.113. The van der Waals surface area contributed by atoms with Crippen LogP contribution in [0.1, 0.15) is 24.8 Å². The van der Waals surface area contributed by atoms with Crippen LogP contribution in [0, 0.1) is 21.7 Å². The number of benzene rings is 1.